The molecule has 32 heavy (non-hydrogen) atoms. The number of rotatable bonds is 4. The highest BCUT2D eigenvalue weighted by molar-refractivity contribution is 5.97. The minimum Gasteiger partial charge on any atom is -0.335 e. The molecule has 3 aromatic carbocycles. The van der Waals surface area contributed by atoms with Crippen LogP contribution in [0.3, 0.4) is 0 Å². The minimum absolute atomic E-state index is 0.0237. The highest BCUT2D eigenvalue weighted by Gasteiger charge is 2.25. The van der Waals surface area contributed by atoms with E-state index in [1.165, 1.54) is 6.92 Å². The molecule has 1 N–H and O–H groups in total. The van der Waals surface area contributed by atoms with Crippen molar-refractivity contribution in [3.63, 3.8) is 0 Å². The van der Waals surface area contributed by atoms with Crippen molar-refractivity contribution in [3.05, 3.63) is 90.0 Å². The number of hydrogen-bond acceptors (Lipinski definition) is 3. The number of carbonyl (C=O) groups excluding carboxylic acids is 3. The van der Waals surface area contributed by atoms with Crippen LogP contribution >= 0.6 is 0 Å². The maximum Gasteiger partial charge on any atom is 0.254 e. The third-order valence-electron chi connectivity index (χ3n) is 5.52. The molecular formula is C26H25N3O3. The quantitative estimate of drug-likeness (QED) is 0.686. The molecule has 1 aliphatic heterocycles. The van der Waals surface area contributed by atoms with E-state index >= 15 is 0 Å². The van der Waals surface area contributed by atoms with E-state index in [-0.39, 0.29) is 17.7 Å². The Morgan fingerprint density at radius 3 is 1.81 bits per heavy atom. The summed E-state index contributed by atoms with van der Waals surface area (Å²) in [6.45, 7) is 3.33. The maximum atomic E-state index is 12.9. The number of anilines is 1. The fourth-order valence-electron chi connectivity index (χ4n) is 3.85. The van der Waals surface area contributed by atoms with Crippen LogP contribution in [0.15, 0.2) is 78.9 Å². The zero-order valence-corrected chi connectivity index (χ0v) is 18.0. The second-order valence-electron chi connectivity index (χ2n) is 7.79. The van der Waals surface area contributed by atoms with Gasteiger partial charge in [0.25, 0.3) is 11.8 Å². The molecule has 0 spiro atoms. The van der Waals surface area contributed by atoms with E-state index < -0.39 is 0 Å². The molecule has 0 bridgehead atoms. The number of piperazine rings is 1. The van der Waals surface area contributed by atoms with Crippen LogP contribution in [-0.2, 0) is 4.79 Å². The molecule has 0 atom stereocenters. The average Bonchev–Trinajstić information content (AvgIpc) is 2.84. The first-order valence-electron chi connectivity index (χ1n) is 10.6. The second kappa shape index (κ2) is 9.47. The number of nitrogens with zero attached hydrogens (tertiary/aromatic N) is 2. The van der Waals surface area contributed by atoms with Gasteiger partial charge in [0, 0.05) is 49.9 Å². The van der Waals surface area contributed by atoms with E-state index in [0.29, 0.717) is 43.0 Å². The largest absolute Gasteiger partial charge is 0.335 e. The van der Waals surface area contributed by atoms with Crippen LogP contribution in [0.2, 0.25) is 0 Å². The van der Waals surface area contributed by atoms with Crippen molar-refractivity contribution in [3.8, 4) is 11.1 Å². The molecule has 3 amide bonds. The summed E-state index contributed by atoms with van der Waals surface area (Å²) in [6, 6.07) is 24.6. The van der Waals surface area contributed by atoms with Crippen LogP contribution < -0.4 is 5.32 Å². The summed E-state index contributed by atoms with van der Waals surface area (Å²) in [5.41, 5.74) is 3.94. The van der Waals surface area contributed by atoms with Crippen molar-refractivity contribution in [1.29, 1.82) is 0 Å². The normalized spacial score (nSPS) is 13.5. The number of nitrogens with one attached hydrogen (secondary N) is 1. The van der Waals surface area contributed by atoms with Gasteiger partial charge in [-0.3, -0.25) is 14.4 Å². The molecule has 0 radical (unpaired) electrons. The van der Waals surface area contributed by atoms with Gasteiger partial charge >= 0.3 is 0 Å². The van der Waals surface area contributed by atoms with Crippen LogP contribution in [0, 0.1) is 0 Å². The number of benzene rings is 3. The fourth-order valence-corrected chi connectivity index (χ4v) is 3.85. The van der Waals surface area contributed by atoms with E-state index in [0.717, 1.165) is 11.1 Å². The SMILES string of the molecule is CC(=O)Nc1cccc(C(=O)N2CCN(C(=O)c3ccc(-c4ccccc4)cc3)CC2)c1. The van der Waals surface area contributed by atoms with Crippen LogP contribution in [0.4, 0.5) is 5.69 Å². The topological polar surface area (TPSA) is 69.7 Å². The molecule has 6 heteroatoms. The Bertz CT molecular complexity index is 1120. The molecular weight excluding hydrogens is 402 g/mol. The molecule has 6 nitrogen and oxygen atoms in total. The lowest BCUT2D eigenvalue weighted by Crippen LogP contribution is -2.50. The summed E-state index contributed by atoms with van der Waals surface area (Å²) in [6.07, 6.45) is 0. The Labute approximate surface area is 187 Å². The standard InChI is InChI=1S/C26H25N3O3/c1-19(30)27-24-9-5-8-23(18-24)26(32)29-16-14-28(15-17-29)25(31)22-12-10-21(11-13-22)20-6-3-2-4-7-20/h2-13,18H,14-17H2,1H3,(H,27,30). The van der Waals surface area contributed by atoms with Crippen LogP contribution in [-0.4, -0.2) is 53.7 Å². The number of hydrogen-bond donors (Lipinski definition) is 1. The van der Waals surface area contributed by atoms with Gasteiger partial charge in [0.1, 0.15) is 0 Å². The van der Waals surface area contributed by atoms with Crippen molar-refractivity contribution >= 4 is 23.4 Å². The zero-order valence-electron chi connectivity index (χ0n) is 18.0. The molecule has 1 heterocycles. The van der Waals surface area contributed by atoms with E-state index in [1.54, 1.807) is 34.1 Å². The summed E-state index contributed by atoms with van der Waals surface area (Å²) in [5, 5.41) is 2.69. The van der Waals surface area contributed by atoms with Crippen LogP contribution in [0.5, 0.6) is 0 Å². The van der Waals surface area contributed by atoms with Gasteiger partial charge in [0.15, 0.2) is 0 Å². The minimum atomic E-state index is -0.182. The van der Waals surface area contributed by atoms with Gasteiger partial charge in [-0.25, -0.2) is 0 Å². The first kappa shape index (κ1) is 21.3. The van der Waals surface area contributed by atoms with Gasteiger partial charge in [-0.1, -0.05) is 48.5 Å². The summed E-state index contributed by atoms with van der Waals surface area (Å²) in [5.74, 6) is -0.306. The monoisotopic (exact) mass is 427 g/mol. The van der Waals surface area contributed by atoms with Crippen molar-refractivity contribution < 1.29 is 14.4 Å². The van der Waals surface area contributed by atoms with Gasteiger partial charge in [0.2, 0.25) is 5.91 Å². The molecule has 0 saturated carbocycles. The van der Waals surface area contributed by atoms with E-state index in [4.69, 9.17) is 0 Å². The predicted molar refractivity (Wildman–Crippen MR) is 124 cm³/mol. The first-order valence-corrected chi connectivity index (χ1v) is 10.6. The van der Waals surface area contributed by atoms with Gasteiger partial charge in [-0.2, -0.15) is 0 Å². The van der Waals surface area contributed by atoms with E-state index in [9.17, 15) is 14.4 Å². The third-order valence-corrected chi connectivity index (χ3v) is 5.52. The fraction of sp³-hybridized carbons (Fsp3) is 0.192. The molecule has 1 saturated heterocycles. The lowest BCUT2D eigenvalue weighted by Gasteiger charge is -2.35. The van der Waals surface area contributed by atoms with Gasteiger partial charge in [-0.05, 0) is 41.5 Å². The van der Waals surface area contributed by atoms with Crippen molar-refractivity contribution in [2.75, 3.05) is 31.5 Å². The van der Waals surface area contributed by atoms with Gasteiger partial charge in [0.05, 0.1) is 0 Å². The molecule has 3 aromatic rings. The van der Waals surface area contributed by atoms with Gasteiger partial charge < -0.3 is 15.1 Å². The lowest BCUT2D eigenvalue weighted by molar-refractivity contribution is -0.114. The summed E-state index contributed by atoms with van der Waals surface area (Å²) in [7, 11) is 0. The molecule has 0 unspecified atom stereocenters. The van der Waals surface area contributed by atoms with Crippen LogP contribution in [0.1, 0.15) is 27.6 Å². The number of amides is 3. The summed E-state index contributed by atoms with van der Waals surface area (Å²) in [4.78, 5) is 40.6. The highest BCUT2D eigenvalue weighted by atomic mass is 16.2. The molecule has 4 rings (SSSR count). The van der Waals surface area contributed by atoms with Crippen molar-refractivity contribution in [2.45, 2.75) is 6.92 Å². The smallest absolute Gasteiger partial charge is 0.254 e. The Kier molecular flexibility index (Phi) is 6.31. The maximum absolute atomic E-state index is 12.9. The van der Waals surface area contributed by atoms with Crippen molar-refractivity contribution in [2.24, 2.45) is 0 Å². The zero-order chi connectivity index (χ0) is 22.5. The lowest BCUT2D eigenvalue weighted by atomic mass is 10.0. The Morgan fingerprint density at radius 2 is 1.22 bits per heavy atom. The average molecular weight is 428 g/mol. The Morgan fingerprint density at radius 1 is 0.656 bits per heavy atom. The van der Waals surface area contributed by atoms with Gasteiger partial charge in [-0.15, -0.1) is 0 Å². The third kappa shape index (κ3) is 4.86. The summed E-state index contributed by atoms with van der Waals surface area (Å²) < 4.78 is 0. The van der Waals surface area contributed by atoms with Crippen LogP contribution in [0.25, 0.3) is 11.1 Å². The summed E-state index contributed by atoms with van der Waals surface area (Å²) >= 11 is 0. The molecule has 0 aliphatic carbocycles. The number of carbonyl (C=O) groups is 3. The molecule has 1 aliphatic rings. The Hall–Kier alpha value is -3.93. The molecule has 0 aromatic heterocycles. The Balaban J connectivity index is 1.36. The molecule has 1 fully saturated rings. The predicted octanol–water partition coefficient (Wildman–Crippen LogP) is 3.91. The molecule has 162 valence electrons. The van der Waals surface area contributed by atoms with E-state index in [2.05, 4.69) is 5.32 Å². The highest BCUT2D eigenvalue weighted by Crippen LogP contribution is 2.20. The van der Waals surface area contributed by atoms with Crippen molar-refractivity contribution in [1.82, 2.24) is 9.80 Å². The second-order valence-corrected chi connectivity index (χ2v) is 7.79. The van der Waals surface area contributed by atoms with E-state index in [1.807, 2.05) is 54.6 Å². The first-order chi connectivity index (χ1) is 15.5.